The molecule has 3 N–H and O–H groups in total. The van der Waals surface area contributed by atoms with E-state index in [4.69, 9.17) is 67.3 Å². The smallest absolute Gasteiger partial charge is 0.329 e. The minimum Gasteiger partial charge on any atom is -0.458 e. The summed E-state index contributed by atoms with van der Waals surface area (Å²) in [5.41, 5.74) is 4.92. The van der Waals surface area contributed by atoms with E-state index in [1.165, 1.54) is 0 Å². The Hall–Kier alpha value is -1.58. The van der Waals surface area contributed by atoms with Gasteiger partial charge in [-0.2, -0.15) is 0 Å². The van der Waals surface area contributed by atoms with Gasteiger partial charge in [-0.05, 0) is 46.6 Å². The normalized spacial score (nSPS) is 12.3. The third-order valence-electron chi connectivity index (χ3n) is 6.60. The van der Waals surface area contributed by atoms with Gasteiger partial charge in [-0.25, -0.2) is 4.79 Å². The molecule has 1 amide bonds. The number of carbonyl (C=O) groups is 2. The average molecular weight is 773 g/mol. The summed E-state index contributed by atoms with van der Waals surface area (Å²) in [4.78, 5) is 24.8. The van der Waals surface area contributed by atoms with Gasteiger partial charge in [0.1, 0.15) is 11.6 Å². The van der Waals surface area contributed by atoms with E-state index >= 15 is 0 Å². The predicted octanol–water partition coefficient (Wildman–Crippen LogP) is 1.16. The average Bonchev–Trinajstić information content (AvgIpc) is 3.12. The molecule has 0 heterocycles. The quantitative estimate of drug-likeness (QED) is 0.0663. The van der Waals surface area contributed by atoms with E-state index in [1.807, 2.05) is 0 Å². The Morgan fingerprint density at radius 2 is 0.792 bits per heavy atom. The molecule has 0 spiro atoms. The zero-order valence-electron chi connectivity index (χ0n) is 33.1. The van der Waals surface area contributed by atoms with Crippen molar-refractivity contribution in [2.75, 3.05) is 166 Å². The molecule has 17 heteroatoms. The number of methoxy groups -OCH3 is 1. The lowest BCUT2D eigenvalue weighted by atomic mass is 10.1. The fraction of sp³-hybridized carbons (Fsp3) is 0.944. The molecule has 0 saturated heterocycles. The predicted molar refractivity (Wildman–Crippen MR) is 196 cm³/mol. The van der Waals surface area contributed by atoms with Crippen LogP contribution in [0, 0.1) is 0 Å². The first-order valence-corrected chi connectivity index (χ1v) is 18.9. The van der Waals surface area contributed by atoms with Crippen molar-refractivity contribution < 1.29 is 71.2 Å². The van der Waals surface area contributed by atoms with E-state index in [-0.39, 0.29) is 18.9 Å². The molecule has 0 saturated carbocycles. The van der Waals surface area contributed by atoms with Crippen LogP contribution in [-0.4, -0.2) is 189 Å². The number of esters is 1. The van der Waals surface area contributed by atoms with Crippen molar-refractivity contribution in [3.05, 3.63) is 0 Å². The van der Waals surface area contributed by atoms with Gasteiger partial charge < -0.3 is 72.6 Å². The summed E-state index contributed by atoms with van der Waals surface area (Å²) in [6.07, 6.45) is 2.10. The lowest BCUT2D eigenvalue weighted by Crippen LogP contribution is -2.44. The van der Waals surface area contributed by atoms with Crippen LogP contribution in [0.2, 0.25) is 0 Å². The largest absolute Gasteiger partial charge is 0.458 e. The van der Waals surface area contributed by atoms with Crippen LogP contribution in [0.5, 0.6) is 0 Å². The fourth-order valence-corrected chi connectivity index (χ4v) is 3.99. The van der Waals surface area contributed by atoms with Crippen LogP contribution >= 0.6 is 0 Å². The topological polar surface area (TPSA) is 192 Å². The second-order valence-corrected chi connectivity index (χ2v) is 12.4. The highest BCUT2D eigenvalue weighted by molar-refractivity contribution is 5.84. The van der Waals surface area contributed by atoms with Crippen molar-refractivity contribution in [3.8, 4) is 0 Å². The Kier molecular flexibility index (Phi) is 38.9. The van der Waals surface area contributed by atoms with Gasteiger partial charge in [-0.3, -0.25) is 4.79 Å². The van der Waals surface area contributed by atoms with Gasteiger partial charge in [0.2, 0.25) is 5.91 Å². The van der Waals surface area contributed by atoms with Crippen molar-refractivity contribution in [1.29, 1.82) is 0 Å². The van der Waals surface area contributed by atoms with Gasteiger partial charge in [-0.15, -0.1) is 0 Å². The molecule has 1 atom stereocenters. The Bertz CT molecular complexity index is 792. The molecule has 0 fully saturated rings. The van der Waals surface area contributed by atoms with Gasteiger partial charge in [0, 0.05) is 13.5 Å². The van der Waals surface area contributed by atoms with E-state index in [1.54, 1.807) is 27.9 Å². The van der Waals surface area contributed by atoms with Crippen LogP contribution in [0.15, 0.2) is 0 Å². The van der Waals surface area contributed by atoms with Crippen molar-refractivity contribution in [3.63, 3.8) is 0 Å². The van der Waals surface area contributed by atoms with Crippen LogP contribution in [0.3, 0.4) is 0 Å². The third-order valence-corrected chi connectivity index (χ3v) is 6.60. The summed E-state index contributed by atoms with van der Waals surface area (Å²) in [6.45, 7) is 16.8. The summed E-state index contributed by atoms with van der Waals surface area (Å²) in [5.74, 6) is -0.709. The standard InChI is InChI=1S/C36H72N2O15/c1-36(2,3)53-35(40)33(7-5-6-9-37)38-34(39)8-10-42-13-14-44-17-18-46-21-22-48-25-26-50-29-30-52-32-31-51-28-27-49-24-23-47-20-19-45-16-15-43-12-11-41-4/h33H,5-32,37H2,1-4H3,(H,38,39)/t33-/m0/s1. The number of nitrogens with two attached hydrogens (primary N) is 1. The van der Waals surface area contributed by atoms with E-state index < -0.39 is 17.6 Å². The number of ether oxygens (including phenoxy) is 13. The first kappa shape index (κ1) is 51.4. The molecule has 0 aliphatic rings. The van der Waals surface area contributed by atoms with Crippen LogP contribution < -0.4 is 11.1 Å². The molecule has 17 nitrogen and oxygen atoms in total. The first-order chi connectivity index (χ1) is 25.8. The van der Waals surface area contributed by atoms with E-state index in [0.29, 0.717) is 158 Å². The maximum atomic E-state index is 12.5. The number of rotatable bonds is 42. The summed E-state index contributed by atoms with van der Waals surface area (Å²) < 4.78 is 70.3. The summed E-state index contributed by atoms with van der Waals surface area (Å²) in [7, 11) is 1.64. The monoisotopic (exact) mass is 772 g/mol. The molecule has 0 radical (unpaired) electrons. The third kappa shape index (κ3) is 41.4. The summed E-state index contributed by atoms with van der Waals surface area (Å²) >= 11 is 0. The van der Waals surface area contributed by atoms with Crippen molar-refractivity contribution in [2.24, 2.45) is 5.73 Å². The van der Waals surface area contributed by atoms with Gasteiger partial charge >= 0.3 is 5.97 Å². The van der Waals surface area contributed by atoms with Crippen LogP contribution in [-0.2, 0) is 71.2 Å². The molecule has 53 heavy (non-hydrogen) atoms. The number of amides is 1. The number of hydrogen-bond donors (Lipinski definition) is 2. The van der Waals surface area contributed by atoms with Crippen LogP contribution in [0.1, 0.15) is 46.5 Å². The second-order valence-electron chi connectivity index (χ2n) is 12.4. The molecular formula is C36H72N2O15. The second kappa shape index (κ2) is 40.1. The zero-order valence-corrected chi connectivity index (χ0v) is 33.1. The highest BCUT2D eigenvalue weighted by Crippen LogP contribution is 2.11. The van der Waals surface area contributed by atoms with E-state index in [0.717, 1.165) is 12.8 Å². The van der Waals surface area contributed by atoms with Crippen LogP contribution in [0.25, 0.3) is 0 Å². The minimum atomic E-state index is -0.700. The van der Waals surface area contributed by atoms with Gasteiger partial charge in [-0.1, -0.05) is 0 Å². The highest BCUT2D eigenvalue weighted by Gasteiger charge is 2.26. The summed E-state index contributed by atoms with van der Waals surface area (Å²) in [5, 5.41) is 2.76. The van der Waals surface area contributed by atoms with Crippen molar-refractivity contribution >= 4 is 11.9 Å². The number of hydrogen-bond acceptors (Lipinski definition) is 16. The van der Waals surface area contributed by atoms with E-state index in [2.05, 4.69) is 5.32 Å². The molecule has 316 valence electrons. The molecule has 0 aromatic heterocycles. The molecule has 0 aromatic carbocycles. The first-order valence-electron chi connectivity index (χ1n) is 18.9. The number of unbranched alkanes of at least 4 members (excludes halogenated alkanes) is 1. The molecule has 0 aliphatic carbocycles. The Morgan fingerprint density at radius 3 is 1.08 bits per heavy atom. The van der Waals surface area contributed by atoms with Crippen molar-refractivity contribution in [2.45, 2.75) is 58.1 Å². The lowest BCUT2D eigenvalue weighted by molar-refractivity contribution is -0.159. The van der Waals surface area contributed by atoms with Crippen molar-refractivity contribution in [1.82, 2.24) is 5.32 Å². The minimum absolute atomic E-state index is 0.134. The maximum absolute atomic E-state index is 12.5. The molecular weight excluding hydrogens is 700 g/mol. The molecule has 0 bridgehead atoms. The SMILES string of the molecule is COCCOCCOCCOCCOCCOCCOCCOCCOCCOCCOCCOCCC(=O)N[C@@H](CCCCN)C(=O)OC(C)(C)C. The van der Waals surface area contributed by atoms with Gasteiger partial charge in [0.15, 0.2) is 0 Å². The maximum Gasteiger partial charge on any atom is 0.329 e. The van der Waals surface area contributed by atoms with Gasteiger partial charge in [0.05, 0.1) is 152 Å². The van der Waals surface area contributed by atoms with Gasteiger partial charge in [0.25, 0.3) is 0 Å². The molecule has 0 rings (SSSR count). The zero-order chi connectivity index (χ0) is 38.9. The molecule has 0 unspecified atom stereocenters. The van der Waals surface area contributed by atoms with Crippen LogP contribution in [0.4, 0.5) is 0 Å². The molecule has 0 aromatic rings. The highest BCUT2D eigenvalue weighted by atomic mass is 16.6. The molecule has 0 aliphatic heterocycles. The summed E-state index contributed by atoms with van der Waals surface area (Å²) in [6, 6.07) is -0.700. The Balaban J connectivity index is 3.35. The Labute approximate surface area is 317 Å². The lowest BCUT2D eigenvalue weighted by Gasteiger charge is -2.24. The Morgan fingerprint density at radius 1 is 0.491 bits per heavy atom. The van der Waals surface area contributed by atoms with E-state index in [9.17, 15) is 9.59 Å². The number of carbonyl (C=O) groups excluding carboxylic acids is 2. The fourth-order valence-electron chi connectivity index (χ4n) is 3.99. The number of nitrogens with one attached hydrogen (secondary N) is 1.